The van der Waals surface area contributed by atoms with Crippen molar-refractivity contribution in [3.63, 3.8) is 0 Å². The van der Waals surface area contributed by atoms with Gasteiger partial charge in [0.15, 0.2) is 11.4 Å². The van der Waals surface area contributed by atoms with Crippen molar-refractivity contribution >= 4 is 23.7 Å². The van der Waals surface area contributed by atoms with E-state index in [1.165, 1.54) is 14.2 Å². The third-order valence-corrected chi connectivity index (χ3v) is 4.85. The van der Waals surface area contributed by atoms with Crippen LogP contribution in [0.4, 0.5) is 0 Å². The number of rotatable bonds is 8. The maximum absolute atomic E-state index is 11.5. The van der Waals surface area contributed by atoms with E-state index in [9.17, 15) is 24.3 Å². The van der Waals surface area contributed by atoms with Crippen molar-refractivity contribution in [3.8, 4) is 5.75 Å². The second-order valence-corrected chi connectivity index (χ2v) is 7.89. The lowest BCUT2D eigenvalue weighted by Gasteiger charge is -2.23. The molecule has 1 rings (SSSR count). The van der Waals surface area contributed by atoms with E-state index in [4.69, 9.17) is 5.73 Å². The van der Waals surface area contributed by atoms with Crippen LogP contribution in [0.3, 0.4) is 0 Å². The molecule has 1 heterocycles. The fourth-order valence-electron chi connectivity index (χ4n) is 1.93. The summed E-state index contributed by atoms with van der Waals surface area (Å²) in [6, 6.07) is 0. The Morgan fingerprint density at radius 2 is 1.63 bits per heavy atom. The highest BCUT2D eigenvalue weighted by Crippen LogP contribution is 2.17. The molecule has 0 aliphatic heterocycles. The van der Waals surface area contributed by atoms with E-state index in [1.54, 1.807) is 41.8 Å². The van der Waals surface area contributed by atoms with Crippen molar-refractivity contribution in [1.82, 2.24) is 20.6 Å². The van der Waals surface area contributed by atoms with E-state index in [0.29, 0.717) is 0 Å². The molecule has 0 bridgehead atoms. The molecule has 0 saturated carbocycles. The number of hydrogen-bond donors (Lipinski definition) is 5. The molecule has 0 aliphatic rings. The Morgan fingerprint density at radius 1 is 1.06 bits per heavy atom. The predicted molar refractivity (Wildman–Crippen MR) is 127 cm³/mol. The molecule has 0 unspecified atom stereocenters. The zero-order valence-electron chi connectivity index (χ0n) is 21.4. The molecule has 0 spiro atoms. The van der Waals surface area contributed by atoms with Crippen LogP contribution >= 0.6 is 0 Å². The Balaban J connectivity index is 0.000000661. The molecule has 0 aliphatic carbocycles. The molecule has 0 amide bonds. The molecule has 14 nitrogen and oxygen atoms in total. The average molecular weight is 499 g/mol. The summed E-state index contributed by atoms with van der Waals surface area (Å²) >= 11 is 0. The minimum absolute atomic E-state index is 0.144. The highest BCUT2D eigenvalue weighted by molar-refractivity contribution is 6.00. The molecule has 196 valence electrons. The van der Waals surface area contributed by atoms with Crippen molar-refractivity contribution in [2.75, 3.05) is 35.4 Å². The van der Waals surface area contributed by atoms with E-state index in [-0.39, 0.29) is 17.4 Å². The maximum Gasteiger partial charge on any atom is 0.360 e. The number of nitrogens with two attached hydrogens (primary N) is 1. The normalized spacial score (nSPS) is 12.3. The monoisotopic (exact) mass is 498 g/mol. The summed E-state index contributed by atoms with van der Waals surface area (Å²) < 4.78 is 13.4. The zero-order chi connectivity index (χ0) is 27.6. The summed E-state index contributed by atoms with van der Waals surface area (Å²) in [5, 5.41) is 15.3. The number of nitrogens with zero attached hydrogens (tertiary/aromatic N) is 2. The van der Waals surface area contributed by atoms with Gasteiger partial charge in [0.1, 0.15) is 11.7 Å². The van der Waals surface area contributed by atoms with Gasteiger partial charge in [0.2, 0.25) is 5.75 Å². The lowest BCUT2D eigenvalue weighted by atomic mass is 10.1. The fraction of sp³-hybridized carbons (Fsp3) is 0.524. The number of ether oxygens (including phenoxy) is 3. The van der Waals surface area contributed by atoms with Gasteiger partial charge < -0.3 is 40.7 Å². The minimum Gasteiger partial charge on any atom is -0.501 e. The number of esters is 3. The van der Waals surface area contributed by atoms with Gasteiger partial charge in [-0.25, -0.2) is 24.4 Å². The Morgan fingerprint density at radius 3 is 2.06 bits per heavy atom. The average Bonchev–Trinajstić information content (AvgIpc) is 2.83. The van der Waals surface area contributed by atoms with Gasteiger partial charge in [-0.3, -0.25) is 4.79 Å². The number of H-pyrrole nitrogens is 1. The molecule has 1 aromatic rings. The number of amidine groups is 1. The van der Waals surface area contributed by atoms with Crippen molar-refractivity contribution < 1.29 is 33.7 Å². The second kappa shape index (κ2) is 13.2. The van der Waals surface area contributed by atoms with Gasteiger partial charge in [0.05, 0.1) is 38.5 Å². The van der Waals surface area contributed by atoms with Crippen molar-refractivity contribution in [1.29, 1.82) is 0 Å². The van der Waals surface area contributed by atoms with Gasteiger partial charge in [-0.05, 0) is 41.8 Å². The van der Waals surface area contributed by atoms with Crippen LogP contribution in [0.25, 0.3) is 0 Å². The molecule has 35 heavy (non-hydrogen) atoms. The summed E-state index contributed by atoms with van der Waals surface area (Å²) in [6.45, 7) is 7.09. The van der Waals surface area contributed by atoms with Crippen molar-refractivity contribution in [2.45, 2.75) is 38.8 Å². The van der Waals surface area contributed by atoms with Gasteiger partial charge in [-0.15, -0.1) is 0 Å². The Bertz CT molecular complexity index is 1040. The first-order chi connectivity index (χ1) is 16.1. The topological polar surface area (TPSA) is 207 Å². The Kier molecular flexibility index (Phi) is 11.8. The second-order valence-electron chi connectivity index (χ2n) is 7.89. The fourth-order valence-corrected chi connectivity index (χ4v) is 1.93. The van der Waals surface area contributed by atoms with Crippen LogP contribution in [0.2, 0.25) is 0 Å². The molecule has 0 radical (unpaired) electrons. The first-order valence-corrected chi connectivity index (χ1v) is 10.1. The maximum atomic E-state index is 11.5. The van der Waals surface area contributed by atoms with E-state index in [0.717, 1.165) is 13.2 Å². The molecular weight excluding hydrogens is 464 g/mol. The van der Waals surface area contributed by atoms with Crippen LogP contribution in [0, 0.1) is 0 Å². The van der Waals surface area contributed by atoms with Gasteiger partial charge in [0, 0.05) is 0 Å². The lowest BCUT2D eigenvalue weighted by Crippen LogP contribution is -2.49. The number of hydrogen-bond acceptors (Lipinski definition) is 12. The van der Waals surface area contributed by atoms with Gasteiger partial charge in [0.25, 0.3) is 5.56 Å². The zero-order valence-corrected chi connectivity index (χ0v) is 21.4. The standard InChI is InChI=1S/C11H19N3O4.C10H15N3O4/c1-11(2,13-3)10(12)14-7(9(16)18-5)6-8(15)17-4;1-10(2,11-3)9-12-5(8(16)17-4)6(14)7(15)13-9/h6,13H,1-5H3,(H2,12,14);11,14H,1-4H3,(H,12,13,15). The Hall–Kier alpha value is -3.78. The Labute approximate surface area is 203 Å². The predicted octanol–water partition coefficient (Wildman–Crippen LogP) is -0.712. The van der Waals surface area contributed by atoms with Crippen LogP contribution in [0.1, 0.15) is 44.0 Å². The van der Waals surface area contributed by atoms with Gasteiger partial charge in [-0.2, -0.15) is 0 Å². The van der Waals surface area contributed by atoms with Gasteiger partial charge in [-0.1, -0.05) is 0 Å². The number of aliphatic imine (C=N–C) groups is 1. The number of aromatic hydroxyl groups is 1. The number of aromatic amines is 1. The quantitative estimate of drug-likeness (QED) is 0.0990. The summed E-state index contributed by atoms with van der Waals surface area (Å²) in [4.78, 5) is 55.5. The molecule has 0 aromatic carbocycles. The molecule has 1 aromatic heterocycles. The summed E-state index contributed by atoms with van der Waals surface area (Å²) in [5.74, 6) is -2.70. The SMILES string of the molecule is CNC(C)(C)C(N)=NC(=CC(=O)OC)C(=O)OC.CNC(C)(C)c1nc(C(=O)OC)c(O)c(=O)[nH]1. The molecule has 14 heteroatoms. The smallest absolute Gasteiger partial charge is 0.360 e. The minimum atomic E-state index is -0.859. The van der Waals surface area contributed by atoms with Crippen LogP contribution in [0.15, 0.2) is 21.6 Å². The lowest BCUT2D eigenvalue weighted by molar-refractivity contribution is -0.138. The summed E-state index contributed by atoms with van der Waals surface area (Å²) in [6.07, 6.45) is 0.921. The number of aromatic nitrogens is 2. The molecule has 0 fully saturated rings. The molecule has 0 saturated heterocycles. The van der Waals surface area contributed by atoms with Crippen LogP contribution < -0.4 is 21.9 Å². The summed E-state index contributed by atoms with van der Waals surface area (Å²) in [5.41, 5.74) is 3.10. The molecule has 0 atom stereocenters. The van der Waals surface area contributed by atoms with Crippen molar-refractivity contribution in [3.05, 3.63) is 33.6 Å². The summed E-state index contributed by atoms with van der Waals surface area (Å²) in [7, 11) is 6.91. The number of methoxy groups -OCH3 is 3. The number of carbonyl (C=O) groups is 3. The van der Waals surface area contributed by atoms with E-state index >= 15 is 0 Å². The van der Waals surface area contributed by atoms with Crippen molar-refractivity contribution in [2.24, 2.45) is 10.7 Å². The van der Waals surface area contributed by atoms with E-state index < -0.39 is 46.0 Å². The largest absolute Gasteiger partial charge is 0.501 e. The van der Waals surface area contributed by atoms with E-state index in [1.807, 2.05) is 0 Å². The number of carbonyl (C=O) groups excluding carboxylic acids is 3. The van der Waals surface area contributed by atoms with Crippen LogP contribution in [-0.2, 0) is 29.3 Å². The first-order valence-electron chi connectivity index (χ1n) is 10.1. The molecular formula is C21H34N6O8. The number of likely N-dealkylation sites (N-methyl/N-ethyl adjacent to an activating group) is 1. The van der Waals surface area contributed by atoms with E-state index in [2.05, 4.69) is 39.8 Å². The van der Waals surface area contributed by atoms with Gasteiger partial charge >= 0.3 is 17.9 Å². The third kappa shape index (κ3) is 8.83. The number of nitrogens with one attached hydrogen (secondary N) is 3. The first kappa shape index (κ1) is 31.2. The third-order valence-electron chi connectivity index (χ3n) is 4.85. The van der Waals surface area contributed by atoms with Crippen LogP contribution in [0.5, 0.6) is 5.75 Å². The molecule has 6 N–H and O–H groups in total. The highest BCUT2D eigenvalue weighted by atomic mass is 16.5. The highest BCUT2D eigenvalue weighted by Gasteiger charge is 2.26. The van der Waals surface area contributed by atoms with Crippen LogP contribution in [-0.4, -0.2) is 79.8 Å².